The van der Waals surface area contributed by atoms with E-state index in [4.69, 9.17) is 66.2 Å². The fourth-order valence-corrected chi connectivity index (χ4v) is 9.52. The Morgan fingerprint density at radius 2 is 1.32 bits per heavy atom. The number of nitrogens with one attached hydrogen (secondary N) is 2. The van der Waals surface area contributed by atoms with Gasteiger partial charge < -0.3 is 53.3 Å². The molecule has 26 heteroatoms. The van der Waals surface area contributed by atoms with Gasteiger partial charge in [-0.25, -0.2) is 46.6 Å². The lowest BCUT2D eigenvalue weighted by Gasteiger charge is -2.37. The summed E-state index contributed by atoms with van der Waals surface area (Å²) in [6.45, 7) is 7.68. The summed E-state index contributed by atoms with van der Waals surface area (Å²) >= 11 is 0. The number of phosphoric acid groups is 1. The maximum atomic E-state index is 18.0. The Hall–Kier alpha value is -7.96. The van der Waals surface area contributed by atoms with Crippen molar-refractivity contribution in [1.82, 2.24) is 24.8 Å². The molecule has 2 N–H and O–H groups in total. The molecule has 1 amide bonds. The number of fused-ring (bicyclic) bond motifs is 1. The third kappa shape index (κ3) is 14.7. The second-order valence-electron chi connectivity index (χ2n) is 19.4. The third-order valence-corrected chi connectivity index (χ3v) is 13.7. The molecular formula is C56H65F2N6O17P. The number of esters is 1. The second kappa shape index (κ2) is 27.2. The van der Waals surface area contributed by atoms with Gasteiger partial charge >= 0.3 is 32.2 Å². The van der Waals surface area contributed by atoms with Crippen molar-refractivity contribution in [3.63, 3.8) is 0 Å². The van der Waals surface area contributed by atoms with Gasteiger partial charge in [-0.3, -0.25) is 9.09 Å². The number of anilines is 1. The highest BCUT2D eigenvalue weighted by molar-refractivity contribution is 7.48. The molecule has 0 spiro atoms. The highest BCUT2D eigenvalue weighted by Crippen LogP contribution is 2.55. The van der Waals surface area contributed by atoms with E-state index in [0.717, 1.165) is 28.9 Å². The Bertz CT molecular complexity index is 3080. The molecule has 0 saturated carbocycles. The molecule has 3 heterocycles. The van der Waals surface area contributed by atoms with Crippen LogP contribution in [0.2, 0.25) is 0 Å². The van der Waals surface area contributed by atoms with Gasteiger partial charge in [-0.2, -0.15) is 9.97 Å². The van der Waals surface area contributed by atoms with Crippen LogP contribution in [0, 0.1) is 5.92 Å². The number of hydrogen-bond acceptors (Lipinski definition) is 21. The summed E-state index contributed by atoms with van der Waals surface area (Å²) in [6, 6.07) is 33.3. The van der Waals surface area contributed by atoms with Crippen LogP contribution in [0.5, 0.6) is 11.6 Å². The predicted molar refractivity (Wildman–Crippen MR) is 288 cm³/mol. The Morgan fingerprint density at radius 1 is 0.768 bits per heavy atom. The van der Waals surface area contributed by atoms with Crippen molar-refractivity contribution in [1.29, 1.82) is 0 Å². The lowest BCUT2D eigenvalue weighted by atomic mass is 9.77. The average Bonchev–Trinajstić information content (AvgIpc) is 3.87. The summed E-state index contributed by atoms with van der Waals surface area (Å²) in [5.74, 6) is -5.41. The van der Waals surface area contributed by atoms with Crippen molar-refractivity contribution in [2.75, 3.05) is 39.2 Å². The van der Waals surface area contributed by atoms with Gasteiger partial charge in [0.1, 0.15) is 30.5 Å². The molecule has 6 aromatic rings. The van der Waals surface area contributed by atoms with Crippen molar-refractivity contribution in [2.24, 2.45) is 5.92 Å². The normalized spacial score (nSPS) is 18.4. The van der Waals surface area contributed by atoms with Crippen LogP contribution in [-0.2, 0) is 68.2 Å². The SMILES string of the molecule is CCOc1nc(NC(c2ccccc2)(c2ccccc2)c2ccc(OC)cc2)nc2c1ncn2[C@@H]1O[C@](F)(COP(=O)(OCOC(=O)OC(C)C)OCOC(=O)OC(C)C)[C@@H](F)[C@@]1(C)OC(=O)C(NC(=O)OCc1ccccc1)C(C)C. The average molecular weight is 1160 g/mol. The molecule has 0 aliphatic carbocycles. The molecule has 0 bridgehead atoms. The smallest absolute Gasteiger partial charge is 0.497 e. The Balaban J connectivity index is 1.32. The Morgan fingerprint density at radius 3 is 1.84 bits per heavy atom. The maximum absolute atomic E-state index is 18.0. The minimum atomic E-state index is -5.30. The number of halogens is 2. The number of hydrogen-bond donors (Lipinski definition) is 2. The zero-order valence-corrected chi connectivity index (χ0v) is 47.4. The van der Waals surface area contributed by atoms with Crippen LogP contribution in [0.25, 0.3) is 11.2 Å². The number of alkyl carbamates (subject to hydrolysis) is 1. The van der Waals surface area contributed by atoms with Crippen molar-refractivity contribution in [3.05, 3.63) is 144 Å². The van der Waals surface area contributed by atoms with Crippen LogP contribution >= 0.6 is 7.82 Å². The molecule has 1 fully saturated rings. The van der Waals surface area contributed by atoms with Crippen molar-refractivity contribution in [2.45, 2.75) is 110 Å². The third-order valence-electron chi connectivity index (χ3n) is 12.4. The van der Waals surface area contributed by atoms with Crippen molar-refractivity contribution >= 4 is 49.3 Å². The lowest BCUT2D eigenvalue weighted by molar-refractivity contribution is -0.197. The van der Waals surface area contributed by atoms with E-state index in [2.05, 4.69) is 15.6 Å². The van der Waals surface area contributed by atoms with E-state index in [1.165, 1.54) is 27.7 Å². The van der Waals surface area contributed by atoms with Gasteiger partial charge in [0.05, 0.1) is 32.3 Å². The molecule has 440 valence electrons. The standard InChI is InChI=1S/C56H65F2N6O17P/c1-10-71-46-44-45(61-50(62-46)63-56(39-22-16-12-17-23-39,40-24-18-13-19-25-40)41-26-28-42(70-9)29-27-41)64(32-59-44)49-54(8,80-47(65)43(35(2)3)60-51(66)72-30-38-20-14-11-15-21-38)48(57)55(58,81-49)31-75-82(69,76-33-73-52(67)78-36(4)5)77-34-74-53(68)79-37(6)7/h11-29,32,35-37,43,48-49H,10,30-31,33-34H2,1-9H3,(H,60,66)(H,61,62,63)/t43?,48-,49+,54+,55+/m0/s1. The first-order valence-electron chi connectivity index (χ1n) is 26.0. The highest BCUT2D eigenvalue weighted by atomic mass is 31.2. The van der Waals surface area contributed by atoms with Gasteiger partial charge in [0, 0.05) is 0 Å². The van der Waals surface area contributed by atoms with Gasteiger partial charge in [0.15, 0.2) is 23.0 Å². The number of benzene rings is 4. The molecule has 0 radical (unpaired) electrons. The monoisotopic (exact) mass is 1160 g/mol. The number of phosphoric ester groups is 1. The topological polar surface area (TPSA) is 264 Å². The predicted octanol–water partition coefficient (Wildman–Crippen LogP) is 10.6. The van der Waals surface area contributed by atoms with Crippen LogP contribution in [-0.4, -0.2) is 114 Å². The molecule has 4 aromatic carbocycles. The first-order chi connectivity index (χ1) is 39.1. The molecule has 1 unspecified atom stereocenters. The van der Waals surface area contributed by atoms with E-state index >= 15 is 8.78 Å². The van der Waals surface area contributed by atoms with E-state index in [9.17, 15) is 23.7 Å². The first kappa shape index (κ1) is 61.7. The van der Waals surface area contributed by atoms with E-state index in [0.29, 0.717) is 16.9 Å². The first-order valence-corrected chi connectivity index (χ1v) is 27.4. The summed E-state index contributed by atoms with van der Waals surface area (Å²) < 4.78 is 115. The molecule has 1 saturated heterocycles. The number of carbonyl (C=O) groups is 4. The van der Waals surface area contributed by atoms with E-state index in [-0.39, 0.29) is 36.2 Å². The fraction of sp³-hybridized carbons (Fsp3) is 0.411. The van der Waals surface area contributed by atoms with Crippen LogP contribution in [0.3, 0.4) is 0 Å². The number of amides is 1. The van der Waals surface area contributed by atoms with Crippen LogP contribution in [0.4, 0.5) is 29.1 Å². The highest BCUT2D eigenvalue weighted by Gasteiger charge is 2.68. The number of aromatic nitrogens is 4. The molecule has 5 atom stereocenters. The quantitative estimate of drug-likeness (QED) is 0.0168. The molecule has 1 aliphatic heterocycles. The number of carbonyl (C=O) groups excluding carboxylic acids is 4. The largest absolute Gasteiger partial charge is 0.510 e. The number of nitrogens with zero attached hydrogens (tertiary/aromatic N) is 4. The van der Waals surface area contributed by atoms with E-state index in [1.54, 1.807) is 70.3 Å². The molecule has 2 aromatic heterocycles. The zero-order valence-electron chi connectivity index (χ0n) is 46.5. The number of alkyl halides is 2. The van der Waals surface area contributed by atoms with Gasteiger partial charge in [0.25, 0.3) is 5.85 Å². The van der Waals surface area contributed by atoms with Gasteiger partial charge in [-0.15, -0.1) is 0 Å². The minimum absolute atomic E-state index is 0.0386. The minimum Gasteiger partial charge on any atom is -0.497 e. The van der Waals surface area contributed by atoms with Gasteiger partial charge in [-0.05, 0) is 81.8 Å². The zero-order chi connectivity index (χ0) is 59.2. The number of methoxy groups -OCH3 is 1. The van der Waals surface area contributed by atoms with Gasteiger partial charge in [0.2, 0.25) is 31.6 Å². The van der Waals surface area contributed by atoms with E-state index in [1.807, 2.05) is 72.8 Å². The molecule has 23 nitrogen and oxygen atoms in total. The molecule has 82 heavy (non-hydrogen) atoms. The summed E-state index contributed by atoms with van der Waals surface area (Å²) in [4.78, 5) is 66.4. The summed E-state index contributed by atoms with van der Waals surface area (Å²) in [7, 11) is -3.75. The second-order valence-corrected chi connectivity index (χ2v) is 21.1. The Kier molecular flexibility index (Phi) is 20.5. The fourth-order valence-electron chi connectivity index (χ4n) is 8.59. The Labute approximate surface area is 471 Å². The lowest BCUT2D eigenvalue weighted by Crippen LogP contribution is -2.53. The van der Waals surface area contributed by atoms with E-state index < -0.39 is 106 Å². The summed E-state index contributed by atoms with van der Waals surface area (Å²) in [5.41, 5.74) is -1.49. The molecule has 1 aliphatic rings. The molecule has 7 rings (SSSR count). The van der Waals surface area contributed by atoms with Crippen molar-refractivity contribution in [3.8, 4) is 11.6 Å². The van der Waals surface area contributed by atoms with Crippen LogP contribution < -0.4 is 20.1 Å². The molecular weight excluding hydrogens is 1100 g/mol. The van der Waals surface area contributed by atoms with Crippen molar-refractivity contribution < 1.29 is 88.7 Å². The number of rotatable bonds is 26. The van der Waals surface area contributed by atoms with Crippen LogP contribution in [0.15, 0.2) is 122 Å². The number of imidazole rings is 1. The van der Waals surface area contributed by atoms with Crippen LogP contribution in [0.1, 0.15) is 83.9 Å². The summed E-state index contributed by atoms with van der Waals surface area (Å²) in [5, 5.41) is 6.02. The maximum Gasteiger partial charge on any atom is 0.510 e. The summed E-state index contributed by atoms with van der Waals surface area (Å²) in [6.07, 6.45) is -9.02. The number of ether oxygens (including phenoxy) is 9. The van der Waals surface area contributed by atoms with Gasteiger partial charge in [-0.1, -0.05) is 117 Å².